The molecule has 0 aliphatic rings. The molecule has 0 bridgehead atoms. The van der Waals surface area contributed by atoms with E-state index in [4.69, 9.17) is 9.47 Å². The van der Waals surface area contributed by atoms with E-state index in [1.165, 1.54) is 14.2 Å². The maximum Gasteiger partial charge on any atom is 0.434 e. The second-order valence-corrected chi connectivity index (χ2v) is 6.15. The molecule has 0 saturated heterocycles. The maximum absolute atomic E-state index is 13.7. The van der Waals surface area contributed by atoms with Crippen molar-refractivity contribution in [3.8, 4) is 17.2 Å². The Hall–Kier alpha value is -3.56. The number of carbonyl (C=O) groups is 1. The van der Waals surface area contributed by atoms with E-state index < -0.39 is 29.2 Å². The second-order valence-electron chi connectivity index (χ2n) is 6.15. The maximum atomic E-state index is 13.7. The molecule has 0 saturated carbocycles. The van der Waals surface area contributed by atoms with Crippen LogP contribution in [0.15, 0.2) is 48.7 Å². The highest BCUT2D eigenvalue weighted by molar-refractivity contribution is 5.95. The van der Waals surface area contributed by atoms with Crippen molar-refractivity contribution in [3.63, 3.8) is 0 Å². The van der Waals surface area contributed by atoms with Crippen LogP contribution in [0.1, 0.15) is 21.6 Å². The predicted molar refractivity (Wildman–Crippen MR) is 99.2 cm³/mol. The summed E-state index contributed by atoms with van der Waals surface area (Å²) in [5.74, 6) is -0.631. The van der Waals surface area contributed by atoms with Gasteiger partial charge in [-0.1, -0.05) is 0 Å². The third-order valence-electron chi connectivity index (χ3n) is 4.29. The number of hydrogen-bond donors (Lipinski definition) is 1. The van der Waals surface area contributed by atoms with Crippen molar-refractivity contribution in [2.24, 2.45) is 0 Å². The first-order valence-electron chi connectivity index (χ1n) is 8.65. The van der Waals surface area contributed by atoms with E-state index in [0.29, 0.717) is 21.7 Å². The quantitative estimate of drug-likeness (QED) is 0.610. The molecule has 0 fully saturated rings. The van der Waals surface area contributed by atoms with Crippen LogP contribution in [0.2, 0.25) is 0 Å². The number of amides is 1. The van der Waals surface area contributed by atoms with E-state index >= 15 is 0 Å². The minimum absolute atomic E-state index is 0.0281. The molecule has 158 valence electrons. The average molecular weight is 423 g/mol. The first kappa shape index (κ1) is 21.2. The number of halogens is 4. The molecule has 0 aliphatic heterocycles. The fraction of sp³-hybridized carbons (Fsp3) is 0.200. The van der Waals surface area contributed by atoms with Gasteiger partial charge in [-0.2, -0.15) is 18.3 Å². The standard InChI is InChI=1S/C20H17F4N3O3/c1-29-15-8-3-12(17(9-15)30-2)10-25-19(28)16-11-26-27(18(16)20(22,23)24)14-6-4-13(21)5-7-14/h3-9,11H,10H2,1-2H3,(H,25,28). The van der Waals surface area contributed by atoms with Crippen molar-refractivity contribution in [3.05, 3.63) is 71.3 Å². The van der Waals surface area contributed by atoms with E-state index in [2.05, 4.69) is 10.4 Å². The molecular formula is C20H17F4N3O3. The normalized spacial score (nSPS) is 11.3. The Labute approximate surface area is 169 Å². The molecule has 0 aliphatic carbocycles. The second kappa shape index (κ2) is 8.44. The largest absolute Gasteiger partial charge is 0.497 e. The predicted octanol–water partition coefficient (Wildman–Crippen LogP) is 3.98. The van der Waals surface area contributed by atoms with Gasteiger partial charge in [-0.05, 0) is 36.4 Å². The number of rotatable bonds is 6. The number of hydrogen-bond acceptors (Lipinski definition) is 4. The first-order valence-corrected chi connectivity index (χ1v) is 8.65. The van der Waals surface area contributed by atoms with Crippen LogP contribution >= 0.6 is 0 Å². The fourth-order valence-electron chi connectivity index (χ4n) is 2.83. The van der Waals surface area contributed by atoms with Gasteiger partial charge in [-0.3, -0.25) is 4.79 Å². The number of carbonyl (C=O) groups excluding carboxylic acids is 1. The molecule has 6 nitrogen and oxygen atoms in total. The van der Waals surface area contributed by atoms with E-state index in [1.807, 2.05) is 0 Å². The summed E-state index contributed by atoms with van der Waals surface area (Å²) in [4.78, 5) is 12.5. The lowest BCUT2D eigenvalue weighted by Crippen LogP contribution is -2.26. The number of nitrogens with one attached hydrogen (secondary N) is 1. The highest BCUT2D eigenvalue weighted by Gasteiger charge is 2.40. The Morgan fingerprint density at radius 2 is 1.80 bits per heavy atom. The van der Waals surface area contributed by atoms with Crippen molar-refractivity contribution in [2.45, 2.75) is 12.7 Å². The van der Waals surface area contributed by atoms with Crippen molar-refractivity contribution < 1.29 is 31.8 Å². The van der Waals surface area contributed by atoms with Crippen molar-refractivity contribution in [2.75, 3.05) is 14.2 Å². The smallest absolute Gasteiger partial charge is 0.434 e. The summed E-state index contributed by atoms with van der Waals surface area (Å²) in [6, 6.07) is 9.15. The van der Waals surface area contributed by atoms with E-state index in [1.54, 1.807) is 18.2 Å². The molecule has 2 aromatic carbocycles. The van der Waals surface area contributed by atoms with Gasteiger partial charge in [-0.25, -0.2) is 9.07 Å². The molecule has 0 atom stereocenters. The molecule has 1 aromatic heterocycles. The summed E-state index contributed by atoms with van der Waals surface area (Å²) in [7, 11) is 2.91. The minimum Gasteiger partial charge on any atom is -0.497 e. The van der Waals surface area contributed by atoms with Crippen LogP contribution in [0.25, 0.3) is 5.69 Å². The molecule has 10 heteroatoms. The average Bonchev–Trinajstić information content (AvgIpc) is 3.18. The van der Waals surface area contributed by atoms with E-state index in [0.717, 1.165) is 30.5 Å². The third kappa shape index (κ3) is 4.37. The van der Waals surface area contributed by atoms with Crippen molar-refractivity contribution >= 4 is 5.91 Å². The minimum atomic E-state index is -4.87. The Kier molecular flexibility index (Phi) is 5.95. The Morgan fingerprint density at radius 3 is 2.40 bits per heavy atom. The summed E-state index contributed by atoms with van der Waals surface area (Å²) in [6.07, 6.45) is -4.04. The summed E-state index contributed by atoms with van der Waals surface area (Å²) >= 11 is 0. The lowest BCUT2D eigenvalue weighted by atomic mass is 10.1. The summed E-state index contributed by atoms with van der Waals surface area (Å²) in [5.41, 5.74) is -1.39. The molecule has 3 rings (SSSR count). The Balaban J connectivity index is 1.89. The van der Waals surface area contributed by atoms with Gasteiger partial charge >= 0.3 is 6.18 Å². The number of nitrogens with zero attached hydrogens (tertiary/aromatic N) is 2. The van der Waals surface area contributed by atoms with Crippen molar-refractivity contribution in [1.82, 2.24) is 15.1 Å². The molecule has 0 radical (unpaired) electrons. The number of benzene rings is 2. The van der Waals surface area contributed by atoms with Gasteiger partial charge in [0.2, 0.25) is 0 Å². The number of alkyl halides is 3. The molecule has 0 spiro atoms. The highest BCUT2D eigenvalue weighted by atomic mass is 19.4. The van der Waals surface area contributed by atoms with Gasteiger partial charge in [0.15, 0.2) is 5.69 Å². The molecule has 30 heavy (non-hydrogen) atoms. The van der Waals surface area contributed by atoms with Crippen LogP contribution in [0.4, 0.5) is 17.6 Å². The molecule has 0 unspecified atom stereocenters. The van der Waals surface area contributed by atoms with Gasteiger partial charge in [0.1, 0.15) is 17.3 Å². The molecule has 1 N–H and O–H groups in total. The zero-order valence-corrected chi connectivity index (χ0v) is 16.0. The van der Waals surface area contributed by atoms with Gasteiger partial charge in [0.05, 0.1) is 31.7 Å². The summed E-state index contributed by atoms with van der Waals surface area (Å²) in [6.45, 7) is -0.0783. The van der Waals surface area contributed by atoms with Crippen LogP contribution in [-0.4, -0.2) is 29.9 Å². The highest BCUT2D eigenvalue weighted by Crippen LogP contribution is 2.34. The first-order chi connectivity index (χ1) is 14.2. The van der Waals surface area contributed by atoms with Gasteiger partial charge in [0.25, 0.3) is 5.91 Å². The van der Waals surface area contributed by atoms with Gasteiger partial charge in [-0.15, -0.1) is 0 Å². The third-order valence-corrected chi connectivity index (χ3v) is 4.29. The molecular weight excluding hydrogens is 406 g/mol. The lowest BCUT2D eigenvalue weighted by molar-refractivity contribution is -0.143. The molecule has 1 amide bonds. The molecule has 3 aromatic rings. The summed E-state index contributed by atoms with van der Waals surface area (Å²) < 4.78 is 65.0. The van der Waals surface area contributed by atoms with Gasteiger partial charge < -0.3 is 14.8 Å². The number of ether oxygens (including phenoxy) is 2. The zero-order valence-electron chi connectivity index (χ0n) is 16.0. The van der Waals surface area contributed by atoms with E-state index in [9.17, 15) is 22.4 Å². The number of aromatic nitrogens is 2. The van der Waals surface area contributed by atoms with E-state index in [-0.39, 0.29) is 12.2 Å². The van der Waals surface area contributed by atoms with Crippen LogP contribution in [0.5, 0.6) is 11.5 Å². The van der Waals surface area contributed by atoms with Crippen molar-refractivity contribution in [1.29, 1.82) is 0 Å². The SMILES string of the molecule is COc1ccc(CNC(=O)c2cnn(-c3ccc(F)cc3)c2C(F)(F)F)c(OC)c1. The number of methoxy groups -OCH3 is 2. The Bertz CT molecular complexity index is 1050. The lowest BCUT2D eigenvalue weighted by Gasteiger charge is -2.14. The monoisotopic (exact) mass is 423 g/mol. The van der Waals surface area contributed by atoms with Crippen LogP contribution in [0.3, 0.4) is 0 Å². The van der Waals surface area contributed by atoms with Crippen LogP contribution in [0, 0.1) is 5.82 Å². The summed E-state index contributed by atoms with van der Waals surface area (Å²) in [5, 5.41) is 6.13. The van der Waals surface area contributed by atoms with Crippen LogP contribution < -0.4 is 14.8 Å². The zero-order chi connectivity index (χ0) is 21.9. The molecule has 1 heterocycles. The topological polar surface area (TPSA) is 65.4 Å². The van der Waals surface area contributed by atoms with Crippen LogP contribution in [-0.2, 0) is 12.7 Å². The fourth-order valence-corrected chi connectivity index (χ4v) is 2.83. The van der Waals surface area contributed by atoms with Gasteiger partial charge in [0, 0.05) is 18.2 Å². The Morgan fingerprint density at radius 1 is 1.10 bits per heavy atom.